The second-order valence-electron chi connectivity index (χ2n) is 13.4. The molecule has 1 amide bonds. The molecule has 3 fully saturated rings. The number of aryl methyl sites for hydroxylation is 1. The van der Waals surface area contributed by atoms with Gasteiger partial charge in [-0.25, -0.2) is 13.9 Å². The van der Waals surface area contributed by atoms with Gasteiger partial charge in [0.1, 0.15) is 27.7 Å². The third kappa shape index (κ3) is 4.77. The van der Waals surface area contributed by atoms with Crippen LogP contribution in [0.25, 0.3) is 33.2 Å². The van der Waals surface area contributed by atoms with Crippen molar-refractivity contribution in [2.45, 2.75) is 89.3 Å². The number of rotatable bonds is 4. The summed E-state index contributed by atoms with van der Waals surface area (Å²) in [7, 11) is 5.10. The highest BCUT2D eigenvalue weighted by Gasteiger charge is 2.51. The van der Waals surface area contributed by atoms with Gasteiger partial charge in [0, 0.05) is 39.4 Å². The molecule has 12 nitrogen and oxygen atoms in total. The summed E-state index contributed by atoms with van der Waals surface area (Å²) in [5.74, 6) is -0.103. The van der Waals surface area contributed by atoms with E-state index in [9.17, 15) is 9.59 Å². The van der Waals surface area contributed by atoms with Crippen LogP contribution in [0.4, 0.5) is 15.1 Å². The average molecular weight is 641 g/mol. The summed E-state index contributed by atoms with van der Waals surface area (Å²) in [6.07, 6.45) is 4.24. The van der Waals surface area contributed by atoms with Crippen LogP contribution in [-0.2, 0) is 23.6 Å². The predicted octanol–water partition coefficient (Wildman–Crippen LogP) is 5.15. The molecular formula is C31H38ClFN8O4. The van der Waals surface area contributed by atoms with Crippen molar-refractivity contribution in [3.8, 4) is 11.3 Å². The lowest BCUT2D eigenvalue weighted by molar-refractivity contribution is -0.0368. The Bertz CT molecular complexity index is 1890. The van der Waals surface area contributed by atoms with Crippen molar-refractivity contribution < 1.29 is 18.7 Å². The molecule has 2 bridgehead atoms. The van der Waals surface area contributed by atoms with E-state index in [4.69, 9.17) is 31.2 Å². The van der Waals surface area contributed by atoms with Crippen molar-refractivity contribution in [1.29, 1.82) is 0 Å². The summed E-state index contributed by atoms with van der Waals surface area (Å²) in [5.41, 5.74) is 0.131. The number of ether oxygens (including phenoxy) is 2. The predicted molar refractivity (Wildman–Crippen MR) is 168 cm³/mol. The topological polar surface area (TPSA) is 113 Å². The Morgan fingerprint density at radius 1 is 1.13 bits per heavy atom. The minimum absolute atomic E-state index is 0.0441. The van der Waals surface area contributed by atoms with Crippen LogP contribution in [0.2, 0.25) is 5.15 Å². The maximum absolute atomic E-state index is 16.2. The van der Waals surface area contributed by atoms with Gasteiger partial charge < -0.3 is 19.3 Å². The Kier molecular flexibility index (Phi) is 7.12. The molecule has 3 aliphatic heterocycles. The summed E-state index contributed by atoms with van der Waals surface area (Å²) in [4.78, 5) is 36.3. The van der Waals surface area contributed by atoms with E-state index in [1.54, 1.807) is 42.9 Å². The fourth-order valence-electron chi connectivity index (χ4n) is 7.24. The molecule has 1 aromatic carbocycles. The number of benzene rings is 1. The number of likely N-dealkylation sites (N-methyl/N-ethyl adjacent to an activating group) is 1. The lowest BCUT2D eigenvalue weighted by atomic mass is 9.95. The normalized spacial score (nSPS) is 23.4. The van der Waals surface area contributed by atoms with Gasteiger partial charge in [0.2, 0.25) is 5.95 Å². The first-order chi connectivity index (χ1) is 21.4. The maximum Gasteiger partial charge on any atom is 0.410 e. The number of hydrogen-bond acceptors (Lipinski definition) is 8. The van der Waals surface area contributed by atoms with Crippen LogP contribution in [0.5, 0.6) is 0 Å². The molecule has 14 heteroatoms. The highest BCUT2D eigenvalue weighted by Crippen LogP contribution is 2.43. The zero-order valence-electron chi connectivity index (χ0n) is 26.4. The molecule has 6 heterocycles. The maximum atomic E-state index is 16.2. The molecule has 4 aromatic rings. The van der Waals surface area contributed by atoms with Gasteiger partial charge in [-0.3, -0.25) is 14.0 Å². The van der Waals surface area contributed by atoms with Gasteiger partial charge >= 0.3 is 6.09 Å². The Hall–Kier alpha value is -3.71. The molecule has 45 heavy (non-hydrogen) atoms. The van der Waals surface area contributed by atoms with E-state index < -0.39 is 17.6 Å². The Morgan fingerprint density at radius 3 is 2.62 bits per heavy atom. The van der Waals surface area contributed by atoms with E-state index in [0.29, 0.717) is 30.1 Å². The van der Waals surface area contributed by atoms with Crippen LogP contribution in [0.3, 0.4) is 0 Å². The van der Waals surface area contributed by atoms with E-state index in [1.807, 2.05) is 20.8 Å². The lowest BCUT2D eigenvalue weighted by Crippen LogP contribution is -2.47. The molecule has 3 saturated heterocycles. The zero-order valence-corrected chi connectivity index (χ0v) is 27.1. The molecule has 240 valence electrons. The van der Waals surface area contributed by atoms with Crippen LogP contribution >= 0.6 is 11.6 Å². The van der Waals surface area contributed by atoms with Crippen LogP contribution in [0, 0.1) is 5.82 Å². The Balaban J connectivity index is 1.36. The first-order valence-electron chi connectivity index (χ1n) is 15.5. The largest absolute Gasteiger partial charge is 0.444 e. The number of carbonyl (C=O) groups is 1. The first-order valence-corrected chi connectivity index (χ1v) is 15.9. The number of carbonyl (C=O) groups excluding carboxylic acids is 1. The van der Waals surface area contributed by atoms with E-state index in [2.05, 4.69) is 10.00 Å². The van der Waals surface area contributed by atoms with Crippen LogP contribution in [-0.4, -0.2) is 77.5 Å². The number of aromatic nitrogens is 6. The number of hydrogen-bond donors (Lipinski definition) is 0. The minimum Gasteiger partial charge on any atom is -0.444 e. The SMILES string of the molecule is CN(C(=O)OC(C)(C)C)[C@@H]1C[C@@H]2CC[C@H]1N2c1nc2c(c(-c3ccc4nn(C)c(Cl)c4c3F)nn2C2CCCCO2)c(=O)n1C. The quantitative estimate of drug-likeness (QED) is 0.301. The van der Waals surface area contributed by atoms with Crippen molar-refractivity contribution in [2.24, 2.45) is 14.1 Å². The smallest absolute Gasteiger partial charge is 0.410 e. The van der Waals surface area contributed by atoms with E-state index >= 15 is 4.39 Å². The Labute approximate surface area is 264 Å². The second kappa shape index (κ2) is 10.7. The molecular weight excluding hydrogens is 603 g/mol. The van der Waals surface area contributed by atoms with Crippen molar-refractivity contribution in [3.05, 3.63) is 33.5 Å². The molecule has 0 spiro atoms. The number of fused-ring (bicyclic) bond motifs is 4. The summed E-state index contributed by atoms with van der Waals surface area (Å²) >= 11 is 6.42. The second-order valence-corrected chi connectivity index (χ2v) is 13.8. The summed E-state index contributed by atoms with van der Waals surface area (Å²) < 4.78 is 32.5. The third-order valence-electron chi connectivity index (χ3n) is 9.38. The van der Waals surface area contributed by atoms with Gasteiger partial charge in [-0.15, -0.1) is 0 Å². The highest BCUT2D eigenvalue weighted by atomic mass is 35.5. The van der Waals surface area contributed by atoms with Gasteiger partial charge in [-0.2, -0.15) is 15.2 Å². The average Bonchev–Trinajstić information content (AvgIpc) is 3.75. The number of halogens is 2. The van der Waals surface area contributed by atoms with Gasteiger partial charge in [0.25, 0.3) is 5.56 Å². The van der Waals surface area contributed by atoms with Crippen molar-refractivity contribution in [2.75, 3.05) is 18.6 Å². The monoisotopic (exact) mass is 640 g/mol. The van der Waals surface area contributed by atoms with E-state index in [0.717, 1.165) is 32.1 Å². The first kappa shape index (κ1) is 30.0. The molecule has 0 N–H and O–H groups in total. The highest BCUT2D eigenvalue weighted by molar-refractivity contribution is 6.34. The van der Waals surface area contributed by atoms with E-state index in [-0.39, 0.29) is 57.0 Å². The van der Waals surface area contributed by atoms with Gasteiger partial charge in [-0.05, 0) is 71.4 Å². The fourth-order valence-corrected chi connectivity index (χ4v) is 7.46. The van der Waals surface area contributed by atoms with Crippen LogP contribution in [0.15, 0.2) is 16.9 Å². The van der Waals surface area contributed by atoms with Crippen LogP contribution in [0.1, 0.15) is 65.5 Å². The Morgan fingerprint density at radius 2 is 1.91 bits per heavy atom. The molecule has 0 radical (unpaired) electrons. The van der Waals surface area contributed by atoms with Gasteiger partial charge in [0.05, 0.1) is 23.0 Å². The van der Waals surface area contributed by atoms with Crippen molar-refractivity contribution in [3.63, 3.8) is 0 Å². The number of nitrogens with zero attached hydrogens (tertiary/aromatic N) is 8. The minimum atomic E-state index is -0.608. The lowest BCUT2D eigenvalue weighted by Gasteiger charge is -2.33. The third-order valence-corrected chi connectivity index (χ3v) is 9.81. The molecule has 4 atom stereocenters. The van der Waals surface area contributed by atoms with Gasteiger partial charge in [-0.1, -0.05) is 11.6 Å². The number of amides is 1. The summed E-state index contributed by atoms with van der Waals surface area (Å²) in [5, 5.41) is 9.66. The molecule has 0 aliphatic carbocycles. The van der Waals surface area contributed by atoms with Gasteiger partial charge in [0.15, 0.2) is 11.9 Å². The molecule has 7 rings (SSSR count). The molecule has 1 unspecified atom stereocenters. The van der Waals surface area contributed by atoms with Crippen molar-refractivity contribution in [1.82, 2.24) is 34.0 Å². The van der Waals surface area contributed by atoms with Crippen LogP contribution < -0.4 is 10.5 Å². The zero-order chi connectivity index (χ0) is 31.9. The summed E-state index contributed by atoms with van der Waals surface area (Å²) in [6, 6.07) is 3.21. The standard InChI is InChI=1S/C31H38ClFN8O4/c1-31(2,3)45-30(43)37(4)20-15-16-10-13-19(20)40(16)29-34-27-23(28(42)38(29)5)25(36-41(27)21-9-7-8-14-44-21)17-11-12-18-22(24(17)33)26(32)39(6)35-18/h11-12,16,19-21H,7-10,13-15H2,1-6H3/t16-,19+,20+,21?/m0/s1. The molecule has 3 aromatic heterocycles. The van der Waals surface area contributed by atoms with Crippen molar-refractivity contribution >= 4 is 45.6 Å². The fraction of sp³-hybridized carbons (Fsp3) is 0.581. The molecule has 3 aliphatic rings. The summed E-state index contributed by atoms with van der Waals surface area (Å²) in [6.45, 7) is 6.11. The number of anilines is 1. The molecule has 0 saturated carbocycles. The van der Waals surface area contributed by atoms with E-state index in [1.165, 1.54) is 9.25 Å².